The Labute approximate surface area is 124 Å². The number of benzene rings is 1. The van der Waals surface area contributed by atoms with Crippen molar-refractivity contribution in [1.82, 2.24) is 4.98 Å². The fourth-order valence-electron chi connectivity index (χ4n) is 2.23. The van der Waals surface area contributed by atoms with E-state index in [1.165, 1.54) is 18.2 Å². The van der Waals surface area contributed by atoms with Gasteiger partial charge in [-0.05, 0) is 38.1 Å². The average Bonchev–Trinajstić information content (AvgIpc) is 2.94. The summed E-state index contributed by atoms with van der Waals surface area (Å²) in [7, 11) is 0. The molecule has 0 saturated carbocycles. The Balaban J connectivity index is 1.97. The molecule has 0 atom stereocenters. The number of aromatic nitrogens is 1. The molecule has 0 spiro atoms. The number of aromatic hydroxyl groups is 1. The maximum Gasteiger partial charge on any atom is 0.298 e. The van der Waals surface area contributed by atoms with Crippen LogP contribution in [0.4, 0.5) is 10.1 Å². The number of H-pyrrole nitrogens is 1. The van der Waals surface area contributed by atoms with Gasteiger partial charge in [-0.15, -0.1) is 10.2 Å². The topological polar surface area (TPSA) is 91.0 Å². The van der Waals surface area contributed by atoms with Gasteiger partial charge in [-0.2, -0.15) is 0 Å². The fraction of sp³-hybridized carbons (Fsp3) is 0.133. The van der Waals surface area contributed by atoms with Gasteiger partial charge in [0.25, 0.3) is 5.91 Å². The lowest BCUT2D eigenvalue weighted by molar-refractivity contribution is 0.0993. The molecule has 0 fully saturated rings. The van der Waals surface area contributed by atoms with Gasteiger partial charge in [0, 0.05) is 5.39 Å². The molecular formula is C15H12FN3O3. The van der Waals surface area contributed by atoms with Crippen LogP contribution in [0.3, 0.4) is 0 Å². The number of rotatable bonds is 2. The summed E-state index contributed by atoms with van der Waals surface area (Å²) in [4.78, 5) is 14.6. The summed E-state index contributed by atoms with van der Waals surface area (Å²) in [5, 5.41) is 17.7. The second-order valence-electron chi connectivity index (χ2n) is 4.84. The molecule has 2 aromatic heterocycles. The van der Waals surface area contributed by atoms with Crippen LogP contribution in [0.15, 0.2) is 38.9 Å². The summed E-state index contributed by atoms with van der Waals surface area (Å²) < 4.78 is 18.4. The normalized spacial score (nSPS) is 11.6. The van der Waals surface area contributed by atoms with Crippen molar-refractivity contribution in [2.75, 3.05) is 0 Å². The summed E-state index contributed by atoms with van der Waals surface area (Å²) in [5.41, 5.74) is 0.766. The molecule has 0 aliphatic carbocycles. The van der Waals surface area contributed by atoms with E-state index in [4.69, 9.17) is 4.42 Å². The number of nitrogens with zero attached hydrogens (tertiary/aromatic N) is 2. The number of carbonyl (C=O) groups excluding carboxylic acids is 1. The third kappa shape index (κ3) is 2.37. The van der Waals surface area contributed by atoms with E-state index < -0.39 is 11.7 Å². The number of azo groups is 1. The number of hydrogen-bond donors (Lipinski definition) is 2. The van der Waals surface area contributed by atoms with Crippen LogP contribution in [0.2, 0.25) is 0 Å². The quantitative estimate of drug-likeness (QED) is 0.697. The molecule has 6 nitrogen and oxygen atoms in total. The van der Waals surface area contributed by atoms with E-state index in [2.05, 4.69) is 15.2 Å². The predicted octanol–water partition coefficient (Wildman–Crippen LogP) is 4.15. The number of amides is 1. The number of aryl methyl sites for hydroxylation is 2. The lowest BCUT2D eigenvalue weighted by Crippen LogP contribution is -1.93. The highest BCUT2D eigenvalue weighted by molar-refractivity contribution is 5.97. The average molecular weight is 301 g/mol. The largest absolute Gasteiger partial charge is 0.493 e. The number of nitrogens with one attached hydrogen (secondary N) is 1. The van der Waals surface area contributed by atoms with Crippen LogP contribution in [0.5, 0.6) is 5.88 Å². The highest BCUT2D eigenvalue weighted by atomic mass is 19.1. The minimum atomic E-state index is -0.579. The first-order chi connectivity index (χ1) is 10.5. The van der Waals surface area contributed by atoms with E-state index in [9.17, 15) is 14.3 Å². The van der Waals surface area contributed by atoms with E-state index in [0.717, 1.165) is 0 Å². The van der Waals surface area contributed by atoms with Crippen LogP contribution in [-0.4, -0.2) is 16.0 Å². The lowest BCUT2D eigenvalue weighted by atomic mass is 10.2. The minimum Gasteiger partial charge on any atom is -0.493 e. The number of hydrogen-bond acceptors (Lipinski definition) is 4. The third-order valence-corrected chi connectivity index (χ3v) is 3.23. The molecular weight excluding hydrogens is 289 g/mol. The second-order valence-corrected chi connectivity index (χ2v) is 4.84. The molecule has 2 N–H and O–H groups in total. The summed E-state index contributed by atoms with van der Waals surface area (Å²) in [6.45, 7) is 3.38. The van der Waals surface area contributed by atoms with Gasteiger partial charge in [0.1, 0.15) is 17.3 Å². The van der Waals surface area contributed by atoms with E-state index in [1.54, 1.807) is 19.9 Å². The zero-order chi connectivity index (χ0) is 15.9. The van der Waals surface area contributed by atoms with Gasteiger partial charge in [0.05, 0.1) is 11.1 Å². The number of fused-ring (bicyclic) bond motifs is 1. The summed E-state index contributed by atoms with van der Waals surface area (Å²) in [6.07, 6.45) is 0. The number of halogens is 1. The molecule has 112 valence electrons. The van der Waals surface area contributed by atoms with Gasteiger partial charge in [0.15, 0.2) is 5.69 Å². The Morgan fingerprint density at radius 3 is 2.77 bits per heavy atom. The van der Waals surface area contributed by atoms with Crippen molar-refractivity contribution in [2.45, 2.75) is 13.8 Å². The van der Waals surface area contributed by atoms with E-state index >= 15 is 0 Å². The van der Waals surface area contributed by atoms with Crippen molar-refractivity contribution >= 4 is 22.5 Å². The molecule has 22 heavy (non-hydrogen) atoms. The van der Waals surface area contributed by atoms with E-state index in [0.29, 0.717) is 28.0 Å². The molecule has 1 amide bonds. The van der Waals surface area contributed by atoms with Gasteiger partial charge >= 0.3 is 0 Å². The predicted molar refractivity (Wildman–Crippen MR) is 77.0 cm³/mol. The number of carbonyl (C=O) groups is 1. The lowest BCUT2D eigenvalue weighted by Gasteiger charge is -1.92. The standard InChI is InChI=1S/C15H12FN3O3/c1-7-5-11(8(2)22-7)14(20)19-18-13-10-4-3-9(16)6-12(10)17-15(13)21/h3-6,17,21H,1-2H3. The SMILES string of the molecule is Cc1cc(C(=O)N=Nc2c(O)[nH]c3cc(F)ccc23)c(C)o1. The molecule has 0 aliphatic heterocycles. The Hall–Kier alpha value is -2.96. The molecule has 0 bridgehead atoms. The minimum absolute atomic E-state index is 0.0845. The Kier molecular flexibility index (Phi) is 3.25. The summed E-state index contributed by atoms with van der Waals surface area (Å²) in [5.74, 6) is -0.256. The van der Waals surface area contributed by atoms with E-state index in [-0.39, 0.29) is 11.6 Å². The molecule has 7 heteroatoms. The highest BCUT2D eigenvalue weighted by Gasteiger charge is 2.15. The second kappa shape index (κ2) is 5.10. The third-order valence-electron chi connectivity index (χ3n) is 3.23. The van der Waals surface area contributed by atoms with Crippen molar-refractivity contribution in [3.63, 3.8) is 0 Å². The van der Waals surface area contributed by atoms with Gasteiger partial charge in [0.2, 0.25) is 5.88 Å². The zero-order valence-corrected chi connectivity index (χ0v) is 11.8. The highest BCUT2D eigenvalue weighted by Crippen LogP contribution is 2.35. The monoisotopic (exact) mass is 301 g/mol. The van der Waals surface area contributed by atoms with Crippen molar-refractivity contribution in [3.8, 4) is 5.88 Å². The maximum absolute atomic E-state index is 13.1. The molecule has 0 aliphatic rings. The molecule has 3 rings (SSSR count). The molecule has 0 saturated heterocycles. The van der Waals surface area contributed by atoms with Crippen LogP contribution in [-0.2, 0) is 0 Å². The first-order valence-electron chi connectivity index (χ1n) is 6.49. The van der Waals surface area contributed by atoms with Crippen LogP contribution in [0.1, 0.15) is 21.9 Å². The van der Waals surface area contributed by atoms with Gasteiger partial charge < -0.3 is 14.5 Å². The summed E-state index contributed by atoms with van der Waals surface area (Å²) >= 11 is 0. The molecule has 2 heterocycles. The maximum atomic E-state index is 13.1. The van der Waals surface area contributed by atoms with Crippen LogP contribution >= 0.6 is 0 Å². The molecule has 1 aromatic carbocycles. The van der Waals surface area contributed by atoms with E-state index in [1.807, 2.05) is 0 Å². The van der Waals surface area contributed by atoms with Crippen molar-refractivity contribution < 1.29 is 18.7 Å². The zero-order valence-electron chi connectivity index (χ0n) is 11.8. The molecule has 0 unspecified atom stereocenters. The first kappa shape index (κ1) is 14.0. The Morgan fingerprint density at radius 2 is 2.09 bits per heavy atom. The van der Waals surface area contributed by atoms with Crippen LogP contribution in [0, 0.1) is 19.7 Å². The molecule has 3 aromatic rings. The fourth-order valence-corrected chi connectivity index (χ4v) is 2.23. The summed E-state index contributed by atoms with van der Waals surface area (Å²) in [6, 6.07) is 5.48. The smallest absolute Gasteiger partial charge is 0.298 e. The van der Waals surface area contributed by atoms with Crippen LogP contribution in [0.25, 0.3) is 10.9 Å². The van der Waals surface area contributed by atoms with Gasteiger partial charge in [-0.3, -0.25) is 4.79 Å². The van der Waals surface area contributed by atoms with Gasteiger partial charge in [-0.25, -0.2) is 4.39 Å². The number of aromatic amines is 1. The molecule has 0 radical (unpaired) electrons. The Morgan fingerprint density at radius 1 is 1.32 bits per heavy atom. The van der Waals surface area contributed by atoms with Crippen molar-refractivity contribution in [3.05, 3.63) is 47.2 Å². The number of furan rings is 1. The van der Waals surface area contributed by atoms with Gasteiger partial charge in [-0.1, -0.05) is 0 Å². The Bertz CT molecular complexity index is 908. The first-order valence-corrected chi connectivity index (χ1v) is 6.49. The van der Waals surface area contributed by atoms with Crippen molar-refractivity contribution in [1.29, 1.82) is 0 Å². The van der Waals surface area contributed by atoms with Crippen LogP contribution < -0.4 is 0 Å². The van der Waals surface area contributed by atoms with Crippen molar-refractivity contribution in [2.24, 2.45) is 10.2 Å².